The molecule has 0 aliphatic carbocycles. The van der Waals surface area contributed by atoms with Gasteiger partial charge in [0.2, 0.25) is 0 Å². The maximum absolute atomic E-state index is 11.0. The molecular formula is C9H9NO3S. The summed E-state index contributed by atoms with van der Waals surface area (Å²) in [7, 11) is -4.16. The molecule has 0 aromatic heterocycles. The molecule has 1 heterocycles. The van der Waals surface area contributed by atoms with Crippen LogP contribution in [-0.4, -0.2) is 19.5 Å². The molecule has 0 saturated carbocycles. The second-order valence-corrected chi connectivity index (χ2v) is 4.31. The largest absolute Gasteiger partial charge is 0.360 e. The Balaban J connectivity index is 2.57. The molecule has 1 aromatic rings. The standard InChI is InChI=1S/C9H9NO3S/c11-14(12,13)10-7-3-5-8-4-1-2-6-9(8)10/h1-6H,7H2,(H,11,12,13). The molecule has 5 heteroatoms. The van der Waals surface area contributed by atoms with E-state index in [0.29, 0.717) is 5.69 Å². The molecule has 14 heavy (non-hydrogen) atoms. The molecule has 74 valence electrons. The van der Waals surface area contributed by atoms with Crippen LogP contribution in [0.25, 0.3) is 6.08 Å². The number of benzene rings is 1. The van der Waals surface area contributed by atoms with Crippen molar-refractivity contribution < 1.29 is 13.0 Å². The first-order chi connectivity index (χ1) is 6.59. The SMILES string of the molecule is O=S(=O)(O)N1CC=Cc2ccccc21. The van der Waals surface area contributed by atoms with E-state index in [1.807, 2.05) is 12.1 Å². The Bertz CT molecular complexity index is 479. The van der Waals surface area contributed by atoms with E-state index in [1.54, 1.807) is 24.3 Å². The third-order valence-corrected chi connectivity index (χ3v) is 2.96. The van der Waals surface area contributed by atoms with Crippen LogP contribution in [0.4, 0.5) is 5.69 Å². The highest BCUT2D eigenvalue weighted by Gasteiger charge is 2.22. The van der Waals surface area contributed by atoms with Gasteiger partial charge in [-0.15, -0.1) is 0 Å². The minimum Gasteiger partial charge on any atom is -0.269 e. The van der Waals surface area contributed by atoms with Crippen molar-refractivity contribution in [3.05, 3.63) is 35.9 Å². The Morgan fingerprint density at radius 1 is 1.29 bits per heavy atom. The lowest BCUT2D eigenvalue weighted by Crippen LogP contribution is -2.32. The van der Waals surface area contributed by atoms with Gasteiger partial charge in [-0.05, 0) is 11.6 Å². The Hall–Kier alpha value is -1.33. The van der Waals surface area contributed by atoms with Crippen molar-refractivity contribution in [3.63, 3.8) is 0 Å². The summed E-state index contributed by atoms with van der Waals surface area (Å²) in [5.74, 6) is 0. The third-order valence-electron chi connectivity index (χ3n) is 2.05. The van der Waals surface area contributed by atoms with Crippen LogP contribution in [0.5, 0.6) is 0 Å². The van der Waals surface area contributed by atoms with E-state index < -0.39 is 10.3 Å². The van der Waals surface area contributed by atoms with Gasteiger partial charge in [-0.25, -0.2) is 4.31 Å². The van der Waals surface area contributed by atoms with E-state index in [0.717, 1.165) is 9.87 Å². The van der Waals surface area contributed by atoms with Gasteiger partial charge >= 0.3 is 10.3 Å². The maximum atomic E-state index is 11.0. The molecule has 0 bridgehead atoms. The fraction of sp³-hybridized carbons (Fsp3) is 0.111. The summed E-state index contributed by atoms with van der Waals surface area (Å²) in [5, 5.41) is 0. The fourth-order valence-electron chi connectivity index (χ4n) is 1.45. The van der Waals surface area contributed by atoms with Crippen molar-refractivity contribution in [1.82, 2.24) is 0 Å². The van der Waals surface area contributed by atoms with E-state index in [9.17, 15) is 8.42 Å². The highest BCUT2D eigenvalue weighted by molar-refractivity contribution is 7.87. The number of para-hydroxylation sites is 1. The van der Waals surface area contributed by atoms with Gasteiger partial charge in [0, 0.05) is 0 Å². The van der Waals surface area contributed by atoms with E-state index >= 15 is 0 Å². The topological polar surface area (TPSA) is 57.6 Å². The Kier molecular flexibility index (Phi) is 2.05. The van der Waals surface area contributed by atoms with Gasteiger partial charge in [0.25, 0.3) is 0 Å². The molecule has 0 unspecified atom stereocenters. The zero-order chi connectivity index (χ0) is 10.2. The van der Waals surface area contributed by atoms with Crippen LogP contribution in [0.2, 0.25) is 0 Å². The minimum absolute atomic E-state index is 0.176. The minimum atomic E-state index is -4.16. The van der Waals surface area contributed by atoms with Crippen LogP contribution < -0.4 is 4.31 Å². The van der Waals surface area contributed by atoms with Gasteiger partial charge in [0.05, 0.1) is 12.2 Å². The first-order valence-corrected chi connectivity index (χ1v) is 5.49. The Morgan fingerprint density at radius 2 is 2.00 bits per heavy atom. The zero-order valence-electron chi connectivity index (χ0n) is 7.29. The zero-order valence-corrected chi connectivity index (χ0v) is 8.11. The molecule has 0 spiro atoms. The number of hydrogen-bond acceptors (Lipinski definition) is 2. The molecule has 1 aliphatic heterocycles. The monoisotopic (exact) mass is 211 g/mol. The summed E-state index contributed by atoms with van der Waals surface area (Å²) in [5.41, 5.74) is 1.30. The molecule has 4 nitrogen and oxygen atoms in total. The lowest BCUT2D eigenvalue weighted by molar-refractivity contribution is 0.479. The van der Waals surface area contributed by atoms with Crippen LogP contribution in [0.15, 0.2) is 30.3 Å². The van der Waals surface area contributed by atoms with Crippen LogP contribution in [-0.2, 0) is 10.3 Å². The Labute approximate surface area is 82.4 Å². The predicted molar refractivity (Wildman–Crippen MR) is 54.4 cm³/mol. The van der Waals surface area contributed by atoms with Gasteiger partial charge in [-0.3, -0.25) is 4.55 Å². The van der Waals surface area contributed by atoms with Crippen molar-refractivity contribution in [2.45, 2.75) is 0 Å². The predicted octanol–water partition coefficient (Wildman–Crippen LogP) is 1.32. The molecule has 1 aromatic carbocycles. The van der Waals surface area contributed by atoms with Gasteiger partial charge in [-0.1, -0.05) is 30.4 Å². The van der Waals surface area contributed by atoms with Crippen molar-refractivity contribution in [1.29, 1.82) is 0 Å². The summed E-state index contributed by atoms with van der Waals surface area (Å²) >= 11 is 0. The molecule has 0 amide bonds. The Morgan fingerprint density at radius 3 is 2.71 bits per heavy atom. The number of fused-ring (bicyclic) bond motifs is 1. The van der Waals surface area contributed by atoms with Crippen LogP contribution >= 0.6 is 0 Å². The van der Waals surface area contributed by atoms with Crippen LogP contribution in [0.3, 0.4) is 0 Å². The summed E-state index contributed by atoms with van der Waals surface area (Å²) in [6.45, 7) is 0.176. The van der Waals surface area contributed by atoms with Gasteiger partial charge in [-0.2, -0.15) is 8.42 Å². The fourth-order valence-corrected chi connectivity index (χ4v) is 2.14. The van der Waals surface area contributed by atoms with E-state index in [2.05, 4.69) is 0 Å². The summed E-state index contributed by atoms with van der Waals surface area (Å²) in [6, 6.07) is 7.00. The van der Waals surface area contributed by atoms with Crippen molar-refractivity contribution in [2.24, 2.45) is 0 Å². The first-order valence-electron chi connectivity index (χ1n) is 4.10. The quantitative estimate of drug-likeness (QED) is 0.713. The second-order valence-electron chi connectivity index (χ2n) is 2.97. The molecule has 0 atom stereocenters. The van der Waals surface area contributed by atoms with Gasteiger partial charge < -0.3 is 0 Å². The lowest BCUT2D eigenvalue weighted by Gasteiger charge is -2.23. The molecule has 1 N–H and O–H groups in total. The second kappa shape index (κ2) is 3.11. The third kappa shape index (κ3) is 1.51. The van der Waals surface area contributed by atoms with Crippen molar-refractivity contribution in [2.75, 3.05) is 10.8 Å². The number of rotatable bonds is 1. The maximum Gasteiger partial charge on any atom is 0.360 e. The van der Waals surface area contributed by atoms with Crippen molar-refractivity contribution in [3.8, 4) is 0 Å². The average Bonchev–Trinajstić information content (AvgIpc) is 2.15. The van der Waals surface area contributed by atoms with E-state index in [-0.39, 0.29) is 6.54 Å². The highest BCUT2D eigenvalue weighted by Crippen LogP contribution is 2.26. The van der Waals surface area contributed by atoms with Gasteiger partial charge in [0.1, 0.15) is 0 Å². The smallest absolute Gasteiger partial charge is 0.269 e. The molecule has 2 rings (SSSR count). The molecule has 0 saturated heterocycles. The number of nitrogens with zero attached hydrogens (tertiary/aromatic N) is 1. The van der Waals surface area contributed by atoms with Crippen LogP contribution in [0, 0.1) is 0 Å². The average molecular weight is 211 g/mol. The molecule has 0 fully saturated rings. The molecule has 0 radical (unpaired) electrons. The number of hydrogen-bond donors (Lipinski definition) is 1. The normalized spacial score (nSPS) is 15.4. The number of anilines is 1. The van der Waals surface area contributed by atoms with E-state index in [4.69, 9.17) is 4.55 Å². The molecular weight excluding hydrogens is 202 g/mol. The first kappa shape index (κ1) is 9.23. The lowest BCUT2D eigenvalue weighted by atomic mass is 10.1. The summed E-state index contributed by atoms with van der Waals surface area (Å²) in [6.07, 6.45) is 3.52. The summed E-state index contributed by atoms with van der Waals surface area (Å²) in [4.78, 5) is 0. The van der Waals surface area contributed by atoms with Gasteiger partial charge in [0.15, 0.2) is 0 Å². The highest BCUT2D eigenvalue weighted by atomic mass is 32.2. The van der Waals surface area contributed by atoms with Crippen LogP contribution in [0.1, 0.15) is 5.56 Å². The van der Waals surface area contributed by atoms with E-state index in [1.165, 1.54) is 0 Å². The molecule has 1 aliphatic rings. The van der Waals surface area contributed by atoms with Crippen molar-refractivity contribution >= 4 is 22.1 Å². The summed E-state index contributed by atoms with van der Waals surface area (Å²) < 4.78 is 31.9.